The van der Waals surface area contributed by atoms with Gasteiger partial charge in [-0.25, -0.2) is 4.98 Å². The molecule has 8 N–H and O–H groups in total. The van der Waals surface area contributed by atoms with Gasteiger partial charge in [-0.15, -0.1) is 0 Å². The first-order valence-electron chi connectivity index (χ1n) is 12.3. The van der Waals surface area contributed by atoms with Gasteiger partial charge in [0.1, 0.15) is 12.4 Å². The predicted molar refractivity (Wildman–Crippen MR) is 150 cm³/mol. The Morgan fingerprint density at radius 2 is 1.82 bits per heavy atom. The molecule has 0 atom stereocenters. The second-order valence-electron chi connectivity index (χ2n) is 9.21. The average molecular weight is 519 g/mol. The number of rotatable bonds is 11. The Morgan fingerprint density at radius 3 is 2.45 bits per heavy atom. The molecular formula is C27H34N8O3. The largest absolute Gasteiger partial charge is 0.399 e. The third-order valence-corrected chi connectivity index (χ3v) is 5.55. The first-order chi connectivity index (χ1) is 18.1. The summed E-state index contributed by atoms with van der Waals surface area (Å²) in [5.74, 6) is -0.444. The first kappa shape index (κ1) is 27.9. The highest BCUT2D eigenvalue weighted by atomic mass is 16.2. The second-order valence-corrected chi connectivity index (χ2v) is 9.21. The van der Waals surface area contributed by atoms with E-state index in [1.807, 2.05) is 20.8 Å². The zero-order valence-electron chi connectivity index (χ0n) is 21.8. The molecule has 0 saturated heterocycles. The van der Waals surface area contributed by atoms with Crippen molar-refractivity contribution in [1.29, 1.82) is 5.41 Å². The van der Waals surface area contributed by atoms with Crippen molar-refractivity contribution in [2.45, 2.75) is 52.7 Å². The summed E-state index contributed by atoms with van der Waals surface area (Å²) in [6.07, 6.45) is 2.57. The number of nitrogens with one attached hydrogen (secondary N) is 4. The monoisotopic (exact) mass is 518 g/mol. The molecule has 0 aliphatic carbocycles. The number of amidine groups is 1. The minimum absolute atomic E-state index is 0.0365. The van der Waals surface area contributed by atoms with Crippen molar-refractivity contribution in [2.75, 3.05) is 16.4 Å². The minimum atomic E-state index is -0.462. The maximum Gasteiger partial charge on any atom is 0.294 e. The van der Waals surface area contributed by atoms with E-state index >= 15 is 0 Å². The van der Waals surface area contributed by atoms with Crippen molar-refractivity contribution in [3.05, 3.63) is 70.1 Å². The number of nitrogens with zero attached hydrogens (tertiary/aromatic N) is 2. The molecule has 0 unspecified atom stereocenters. The Labute approximate surface area is 221 Å². The van der Waals surface area contributed by atoms with Crippen LogP contribution in [0.25, 0.3) is 11.3 Å². The van der Waals surface area contributed by atoms with Gasteiger partial charge in [0.15, 0.2) is 5.82 Å². The average Bonchev–Trinajstić information content (AvgIpc) is 2.85. The van der Waals surface area contributed by atoms with E-state index in [-0.39, 0.29) is 42.6 Å². The van der Waals surface area contributed by atoms with Gasteiger partial charge in [0.2, 0.25) is 11.8 Å². The molecule has 2 amide bonds. The molecule has 0 aliphatic rings. The molecule has 38 heavy (non-hydrogen) atoms. The summed E-state index contributed by atoms with van der Waals surface area (Å²) < 4.78 is 1.33. The third-order valence-electron chi connectivity index (χ3n) is 5.55. The fourth-order valence-corrected chi connectivity index (χ4v) is 3.77. The summed E-state index contributed by atoms with van der Waals surface area (Å²) in [6, 6.07) is 11.9. The van der Waals surface area contributed by atoms with Crippen LogP contribution in [0.1, 0.15) is 44.7 Å². The number of carbonyl (C=O) groups excluding carboxylic acids is 2. The number of benzene rings is 2. The number of carbonyl (C=O) groups is 2. The number of aromatic nitrogens is 2. The van der Waals surface area contributed by atoms with Gasteiger partial charge in [-0.3, -0.25) is 24.4 Å². The van der Waals surface area contributed by atoms with Crippen LogP contribution in [0.5, 0.6) is 0 Å². The van der Waals surface area contributed by atoms with Gasteiger partial charge in [0.05, 0.1) is 11.9 Å². The van der Waals surface area contributed by atoms with Crippen LogP contribution in [-0.4, -0.2) is 33.2 Å². The molecule has 0 fully saturated rings. The number of anilines is 3. The summed E-state index contributed by atoms with van der Waals surface area (Å²) in [4.78, 5) is 42.7. The molecule has 11 heteroatoms. The van der Waals surface area contributed by atoms with E-state index in [9.17, 15) is 14.4 Å². The molecule has 0 aliphatic heterocycles. The molecule has 200 valence electrons. The summed E-state index contributed by atoms with van der Waals surface area (Å²) in [7, 11) is 0. The van der Waals surface area contributed by atoms with Crippen LogP contribution in [0, 0.1) is 5.41 Å². The molecule has 11 nitrogen and oxygen atoms in total. The molecule has 3 aromatic rings. The Kier molecular flexibility index (Phi) is 9.20. The normalized spacial score (nSPS) is 10.7. The Morgan fingerprint density at radius 1 is 1.11 bits per heavy atom. The minimum Gasteiger partial charge on any atom is -0.399 e. The molecule has 2 aromatic carbocycles. The van der Waals surface area contributed by atoms with Crippen LogP contribution in [0.2, 0.25) is 0 Å². The molecular weight excluding hydrogens is 484 g/mol. The van der Waals surface area contributed by atoms with E-state index in [0.717, 1.165) is 5.56 Å². The Bertz CT molecular complexity index is 1380. The fraction of sp³-hybridized carbons (Fsp3) is 0.296. The van der Waals surface area contributed by atoms with Crippen molar-refractivity contribution in [2.24, 2.45) is 5.73 Å². The quantitative estimate of drug-likeness (QED) is 0.128. The zero-order chi connectivity index (χ0) is 27.8. The van der Waals surface area contributed by atoms with Crippen molar-refractivity contribution >= 4 is 34.8 Å². The first-order valence-corrected chi connectivity index (χ1v) is 12.3. The lowest BCUT2D eigenvalue weighted by atomic mass is 10.1. The Balaban J connectivity index is 1.91. The summed E-state index contributed by atoms with van der Waals surface area (Å²) in [5, 5.41) is 16.1. The molecule has 0 radical (unpaired) electrons. The Hall–Kier alpha value is -4.67. The van der Waals surface area contributed by atoms with Gasteiger partial charge >= 0.3 is 0 Å². The molecule has 0 saturated carbocycles. The summed E-state index contributed by atoms with van der Waals surface area (Å²) in [6.45, 7) is 5.64. The van der Waals surface area contributed by atoms with Crippen molar-refractivity contribution in [1.82, 2.24) is 14.9 Å². The third kappa shape index (κ3) is 7.42. The smallest absolute Gasteiger partial charge is 0.294 e. The lowest BCUT2D eigenvalue weighted by Crippen LogP contribution is -2.35. The number of amides is 2. The van der Waals surface area contributed by atoms with Gasteiger partial charge in [0, 0.05) is 41.5 Å². The van der Waals surface area contributed by atoms with Crippen LogP contribution < -0.4 is 33.0 Å². The summed E-state index contributed by atoms with van der Waals surface area (Å²) >= 11 is 0. The standard InChI is InChI=1S/C27H34N8O3/c1-4-5-23(36)34-21-11-19(10-20(28)12-21)22-14-32-26(33-16(2)3)27(38)35(22)15-24(37)31-13-17-6-8-18(9-7-17)25(29)30/h6-12,14,16H,4-5,13,15,28H2,1-3H3,(H3,29,30)(H,31,37)(H,32,33)(H,34,36). The highest BCUT2D eigenvalue weighted by Gasteiger charge is 2.17. The fourth-order valence-electron chi connectivity index (χ4n) is 3.77. The SMILES string of the molecule is CCCC(=O)Nc1cc(N)cc(-c2cnc(NC(C)C)c(=O)n2CC(=O)NCc2ccc(C(=N)N)cc2)c1. The number of nitrogen functional groups attached to an aromatic ring is 2. The van der Waals surface area contributed by atoms with Crippen LogP contribution in [0.15, 0.2) is 53.5 Å². The topological polar surface area (TPSA) is 181 Å². The lowest BCUT2D eigenvalue weighted by molar-refractivity contribution is -0.121. The van der Waals surface area contributed by atoms with Crippen molar-refractivity contribution in [3.63, 3.8) is 0 Å². The van der Waals surface area contributed by atoms with E-state index in [1.54, 1.807) is 42.5 Å². The van der Waals surface area contributed by atoms with E-state index in [0.29, 0.717) is 41.0 Å². The van der Waals surface area contributed by atoms with Gasteiger partial charge in [-0.05, 0) is 44.0 Å². The maximum atomic E-state index is 13.4. The van der Waals surface area contributed by atoms with Crippen LogP contribution in [-0.2, 0) is 22.7 Å². The van der Waals surface area contributed by atoms with Crippen molar-refractivity contribution < 1.29 is 9.59 Å². The van der Waals surface area contributed by atoms with Crippen LogP contribution in [0.4, 0.5) is 17.2 Å². The number of hydrogen-bond acceptors (Lipinski definition) is 7. The summed E-state index contributed by atoms with van der Waals surface area (Å²) in [5.41, 5.74) is 14.3. The van der Waals surface area contributed by atoms with Crippen LogP contribution >= 0.6 is 0 Å². The van der Waals surface area contributed by atoms with Gasteiger partial charge in [-0.2, -0.15) is 0 Å². The zero-order valence-corrected chi connectivity index (χ0v) is 21.8. The second kappa shape index (κ2) is 12.5. The van der Waals surface area contributed by atoms with Gasteiger partial charge in [-0.1, -0.05) is 31.2 Å². The molecule has 3 rings (SSSR count). The predicted octanol–water partition coefficient (Wildman–Crippen LogP) is 2.65. The van der Waals surface area contributed by atoms with E-state index < -0.39 is 5.56 Å². The van der Waals surface area contributed by atoms with Gasteiger partial charge < -0.3 is 27.4 Å². The molecule has 0 bridgehead atoms. The van der Waals surface area contributed by atoms with Gasteiger partial charge in [0.25, 0.3) is 5.56 Å². The number of nitrogens with two attached hydrogens (primary N) is 2. The maximum absolute atomic E-state index is 13.4. The molecule has 1 heterocycles. The highest BCUT2D eigenvalue weighted by molar-refractivity contribution is 5.95. The number of hydrogen-bond donors (Lipinski definition) is 6. The molecule has 0 spiro atoms. The molecule has 1 aromatic heterocycles. The lowest BCUT2D eigenvalue weighted by Gasteiger charge is -2.17. The van der Waals surface area contributed by atoms with E-state index in [1.165, 1.54) is 10.8 Å². The highest BCUT2D eigenvalue weighted by Crippen LogP contribution is 2.26. The van der Waals surface area contributed by atoms with E-state index in [2.05, 4.69) is 20.9 Å². The van der Waals surface area contributed by atoms with E-state index in [4.69, 9.17) is 16.9 Å². The van der Waals surface area contributed by atoms with Crippen molar-refractivity contribution in [3.8, 4) is 11.3 Å². The van der Waals surface area contributed by atoms with Crippen LogP contribution in [0.3, 0.4) is 0 Å².